The van der Waals surface area contributed by atoms with Crippen LogP contribution < -0.4 is 10.6 Å². The van der Waals surface area contributed by atoms with E-state index in [1.807, 2.05) is 13.8 Å². The molecule has 0 aromatic rings. The van der Waals surface area contributed by atoms with Gasteiger partial charge in [0.1, 0.15) is 6.04 Å². The number of carbonyl (C=O) groups is 2. The summed E-state index contributed by atoms with van der Waals surface area (Å²) in [5, 5.41) is 14.4. The Morgan fingerprint density at radius 3 is 2.75 bits per heavy atom. The second kappa shape index (κ2) is 5.84. The van der Waals surface area contributed by atoms with Gasteiger partial charge in [-0.2, -0.15) is 0 Å². The number of amides is 2. The van der Waals surface area contributed by atoms with Gasteiger partial charge < -0.3 is 15.7 Å². The van der Waals surface area contributed by atoms with Gasteiger partial charge in [0.25, 0.3) is 0 Å². The predicted molar refractivity (Wildman–Crippen MR) is 59.6 cm³/mol. The van der Waals surface area contributed by atoms with Crippen LogP contribution in [-0.4, -0.2) is 35.6 Å². The summed E-state index contributed by atoms with van der Waals surface area (Å²) in [6.07, 6.45) is 1.53. The van der Waals surface area contributed by atoms with Crippen molar-refractivity contribution in [2.24, 2.45) is 5.92 Å². The normalized spacial score (nSPS) is 22.0. The van der Waals surface area contributed by atoms with Crippen molar-refractivity contribution in [3.63, 3.8) is 0 Å². The molecule has 1 aliphatic heterocycles. The molecule has 0 aromatic heterocycles. The van der Waals surface area contributed by atoms with Gasteiger partial charge in [-0.1, -0.05) is 13.8 Å². The highest BCUT2D eigenvalue weighted by molar-refractivity contribution is 5.90. The quantitative estimate of drug-likeness (QED) is 0.609. The molecule has 2 amide bonds. The smallest absolute Gasteiger partial charge is 0.242 e. The lowest BCUT2D eigenvalue weighted by Gasteiger charge is -2.23. The zero-order valence-electron chi connectivity index (χ0n) is 9.82. The van der Waals surface area contributed by atoms with Gasteiger partial charge in [-0.25, -0.2) is 0 Å². The highest BCUT2D eigenvalue weighted by Gasteiger charge is 2.28. The maximum absolute atomic E-state index is 11.8. The Balaban J connectivity index is 2.45. The maximum Gasteiger partial charge on any atom is 0.242 e. The van der Waals surface area contributed by atoms with Crippen LogP contribution in [0.3, 0.4) is 0 Å². The van der Waals surface area contributed by atoms with Crippen LogP contribution >= 0.6 is 0 Å². The Morgan fingerprint density at radius 1 is 1.62 bits per heavy atom. The molecule has 1 heterocycles. The van der Waals surface area contributed by atoms with E-state index in [0.29, 0.717) is 19.3 Å². The molecule has 0 spiro atoms. The molecule has 1 rings (SSSR count). The average molecular weight is 228 g/mol. The van der Waals surface area contributed by atoms with Crippen molar-refractivity contribution < 1.29 is 14.7 Å². The third-order valence-electron chi connectivity index (χ3n) is 2.88. The molecule has 0 radical (unpaired) electrons. The molecule has 1 fully saturated rings. The minimum absolute atomic E-state index is 0.0324. The first-order valence-corrected chi connectivity index (χ1v) is 5.75. The van der Waals surface area contributed by atoms with E-state index in [9.17, 15) is 9.59 Å². The number of carbonyl (C=O) groups excluding carboxylic acids is 2. The molecular formula is C11H20N2O3. The molecule has 0 bridgehead atoms. The summed E-state index contributed by atoms with van der Waals surface area (Å²) in [7, 11) is 0. The van der Waals surface area contributed by atoms with Gasteiger partial charge in [0.2, 0.25) is 11.8 Å². The van der Waals surface area contributed by atoms with E-state index in [1.54, 1.807) is 0 Å². The van der Waals surface area contributed by atoms with E-state index >= 15 is 0 Å². The fourth-order valence-electron chi connectivity index (χ4n) is 1.81. The van der Waals surface area contributed by atoms with Gasteiger partial charge in [-0.15, -0.1) is 0 Å². The summed E-state index contributed by atoms with van der Waals surface area (Å²) >= 11 is 0. The van der Waals surface area contributed by atoms with Gasteiger partial charge >= 0.3 is 0 Å². The van der Waals surface area contributed by atoms with Crippen molar-refractivity contribution in [1.82, 2.24) is 10.6 Å². The Morgan fingerprint density at radius 2 is 2.31 bits per heavy atom. The van der Waals surface area contributed by atoms with E-state index in [0.717, 1.165) is 0 Å². The number of rotatable bonds is 5. The number of hydrogen-bond acceptors (Lipinski definition) is 3. The highest BCUT2D eigenvalue weighted by Crippen LogP contribution is 2.10. The van der Waals surface area contributed by atoms with E-state index in [1.165, 1.54) is 0 Å². The average Bonchev–Trinajstić information content (AvgIpc) is 2.64. The van der Waals surface area contributed by atoms with Crippen LogP contribution in [0.1, 0.15) is 33.1 Å². The summed E-state index contributed by atoms with van der Waals surface area (Å²) in [5.74, 6) is 0.0645. The minimum Gasteiger partial charge on any atom is -0.396 e. The van der Waals surface area contributed by atoms with E-state index < -0.39 is 6.04 Å². The van der Waals surface area contributed by atoms with Gasteiger partial charge in [-0.05, 0) is 18.8 Å². The first-order chi connectivity index (χ1) is 7.54. The zero-order chi connectivity index (χ0) is 12.1. The second-order valence-corrected chi connectivity index (χ2v) is 4.53. The van der Waals surface area contributed by atoms with Gasteiger partial charge in [0, 0.05) is 19.1 Å². The molecule has 1 unspecified atom stereocenters. The lowest BCUT2D eigenvalue weighted by Crippen LogP contribution is -2.47. The Labute approximate surface area is 95.6 Å². The number of nitrogens with one attached hydrogen (secondary N) is 2. The molecule has 0 saturated carbocycles. The molecule has 1 saturated heterocycles. The topological polar surface area (TPSA) is 78.4 Å². The summed E-state index contributed by atoms with van der Waals surface area (Å²) < 4.78 is 0. The fourth-order valence-corrected chi connectivity index (χ4v) is 1.81. The fraction of sp³-hybridized carbons (Fsp3) is 0.818. The van der Waals surface area contributed by atoms with Gasteiger partial charge in [0.05, 0.1) is 0 Å². The Bertz CT molecular complexity index is 266. The number of aliphatic hydroxyl groups is 1. The van der Waals surface area contributed by atoms with Crippen LogP contribution in [0.25, 0.3) is 0 Å². The van der Waals surface area contributed by atoms with Crippen LogP contribution in [0.5, 0.6) is 0 Å². The molecule has 0 aromatic carbocycles. The van der Waals surface area contributed by atoms with Crippen molar-refractivity contribution in [2.45, 2.75) is 45.2 Å². The zero-order valence-corrected chi connectivity index (χ0v) is 9.82. The van der Waals surface area contributed by atoms with Crippen LogP contribution in [0.15, 0.2) is 0 Å². The van der Waals surface area contributed by atoms with Crippen LogP contribution in [-0.2, 0) is 9.59 Å². The third kappa shape index (κ3) is 3.48. The minimum atomic E-state index is -0.396. The molecule has 16 heavy (non-hydrogen) atoms. The van der Waals surface area contributed by atoms with Crippen molar-refractivity contribution in [2.75, 3.05) is 6.61 Å². The van der Waals surface area contributed by atoms with Crippen molar-refractivity contribution in [1.29, 1.82) is 0 Å². The van der Waals surface area contributed by atoms with Gasteiger partial charge in [0.15, 0.2) is 0 Å². The Hall–Kier alpha value is -1.10. The highest BCUT2D eigenvalue weighted by atomic mass is 16.3. The predicted octanol–water partition coefficient (Wildman–Crippen LogP) is -0.212. The van der Waals surface area contributed by atoms with E-state index in [-0.39, 0.29) is 30.4 Å². The molecular weight excluding hydrogens is 208 g/mol. The number of hydrogen-bond donors (Lipinski definition) is 3. The van der Waals surface area contributed by atoms with Gasteiger partial charge in [-0.3, -0.25) is 9.59 Å². The van der Waals surface area contributed by atoms with Crippen LogP contribution in [0.4, 0.5) is 0 Å². The van der Waals surface area contributed by atoms with Crippen LogP contribution in [0.2, 0.25) is 0 Å². The summed E-state index contributed by atoms with van der Waals surface area (Å²) in [4.78, 5) is 22.7. The molecule has 92 valence electrons. The van der Waals surface area contributed by atoms with Crippen molar-refractivity contribution in [3.8, 4) is 0 Å². The second-order valence-electron chi connectivity index (χ2n) is 4.53. The Kier molecular flexibility index (Phi) is 4.73. The summed E-state index contributed by atoms with van der Waals surface area (Å²) in [6.45, 7) is 4.04. The maximum atomic E-state index is 11.8. The first-order valence-electron chi connectivity index (χ1n) is 5.75. The largest absolute Gasteiger partial charge is 0.396 e. The van der Waals surface area contributed by atoms with Crippen molar-refractivity contribution >= 4 is 11.8 Å². The SMILES string of the molecule is CC(C)C(CCO)NC(=O)[C@H]1CCC(=O)N1. The molecule has 5 nitrogen and oxygen atoms in total. The molecule has 3 N–H and O–H groups in total. The van der Waals surface area contributed by atoms with Crippen molar-refractivity contribution in [3.05, 3.63) is 0 Å². The lowest BCUT2D eigenvalue weighted by molar-refractivity contribution is -0.126. The summed E-state index contributed by atoms with van der Waals surface area (Å²) in [5.41, 5.74) is 0. The standard InChI is InChI=1S/C11H20N2O3/c1-7(2)8(5-6-14)13-11(16)9-3-4-10(15)12-9/h7-9,14H,3-6H2,1-2H3,(H,12,15)(H,13,16)/t8?,9-/m1/s1. The van der Waals surface area contributed by atoms with Crippen LogP contribution in [0, 0.1) is 5.92 Å². The lowest BCUT2D eigenvalue weighted by atomic mass is 10.0. The molecule has 1 aliphatic rings. The summed E-state index contributed by atoms with van der Waals surface area (Å²) in [6, 6.07) is -0.428. The first kappa shape index (κ1) is 13.0. The molecule has 0 aliphatic carbocycles. The third-order valence-corrected chi connectivity index (χ3v) is 2.88. The molecule has 5 heteroatoms. The monoisotopic (exact) mass is 228 g/mol. The molecule has 2 atom stereocenters. The van der Waals surface area contributed by atoms with E-state index in [2.05, 4.69) is 10.6 Å². The number of aliphatic hydroxyl groups excluding tert-OH is 1. The van der Waals surface area contributed by atoms with E-state index in [4.69, 9.17) is 5.11 Å².